The van der Waals surface area contributed by atoms with Gasteiger partial charge < -0.3 is 15.5 Å². The summed E-state index contributed by atoms with van der Waals surface area (Å²) in [6, 6.07) is 6.03. The fraction of sp³-hybridized carbons (Fsp3) is 0.727. The minimum atomic E-state index is -0.222. The molecule has 0 spiro atoms. The standard InChI is InChI=1S/C22H32N4O2/c1-15(22-12-16-8-17(13-22)10-18(9-16)14-22)24-20-3-2-19(11-21(20)26(27)28)25-6-4-23-5-7-25/h2-3,11,15-18,23-24H,4-10,12-14H2,1H3/t15-,16?,17?,18?,22?/m0/s1. The van der Waals surface area contributed by atoms with Gasteiger partial charge in [0.1, 0.15) is 5.69 Å². The molecule has 5 aliphatic rings. The molecular weight excluding hydrogens is 352 g/mol. The van der Waals surface area contributed by atoms with Gasteiger partial charge in [-0.25, -0.2) is 0 Å². The summed E-state index contributed by atoms with van der Waals surface area (Å²) >= 11 is 0. The molecular formula is C22H32N4O2. The minimum absolute atomic E-state index is 0.215. The molecule has 1 atom stereocenters. The molecule has 2 N–H and O–H groups in total. The Balaban J connectivity index is 1.37. The lowest BCUT2D eigenvalue weighted by atomic mass is 9.48. The molecule has 4 aliphatic carbocycles. The molecule has 1 aromatic rings. The summed E-state index contributed by atoms with van der Waals surface area (Å²) in [5.41, 5.74) is 2.20. The molecule has 0 radical (unpaired) electrons. The first kappa shape index (κ1) is 18.2. The van der Waals surface area contributed by atoms with E-state index in [1.165, 1.54) is 38.5 Å². The maximum absolute atomic E-state index is 11.8. The van der Waals surface area contributed by atoms with Gasteiger partial charge in [-0.3, -0.25) is 10.1 Å². The summed E-state index contributed by atoms with van der Waals surface area (Å²) in [5.74, 6) is 2.67. The van der Waals surface area contributed by atoms with Crippen LogP contribution >= 0.6 is 0 Å². The van der Waals surface area contributed by atoms with Gasteiger partial charge >= 0.3 is 0 Å². The SMILES string of the molecule is C[C@H](Nc1ccc(N2CCNCC2)cc1[N+](=O)[O-])C12CC3CC(CC(C3)C1)C2. The summed E-state index contributed by atoms with van der Waals surface area (Å²) in [4.78, 5) is 13.8. The average molecular weight is 385 g/mol. The van der Waals surface area contributed by atoms with Gasteiger partial charge in [0.2, 0.25) is 0 Å². The van der Waals surface area contributed by atoms with E-state index in [4.69, 9.17) is 0 Å². The zero-order valence-electron chi connectivity index (χ0n) is 16.8. The van der Waals surface area contributed by atoms with E-state index in [0.29, 0.717) is 11.1 Å². The van der Waals surface area contributed by atoms with Crippen molar-refractivity contribution in [3.8, 4) is 0 Å². The summed E-state index contributed by atoms with van der Waals surface area (Å²) in [6.45, 7) is 5.91. The number of hydrogen-bond acceptors (Lipinski definition) is 5. The number of nitro groups is 1. The van der Waals surface area contributed by atoms with Crippen molar-refractivity contribution in [1.82, 2.24) is 5.32 Å². The molecule has 0 aromatic heterocycles. The van der Waals surface area contributed by atoms with Gasteiger partial charge in [-0.1, -0.05) is 0 Å². The van der Waals surface area contributed by atoms with E-state index in [-0.39, 0.29) is 16.7 Å². The van der Waals surface area contributed by atoms with Gasteiger partial charge in [0.15, 0.2) is 0 Å². The number of benzene rings is 1. The summed E-state index contributed by atoms with van der Waals surface area (Å²) < 4.78 is 0. The first-order valence-electron chi connectivity index (χ1n) is 11.0. The van der Waals surface area contributed by atoms with Crippen molar-refractivity contribution in [2.75, 3.05) is 36.4 Å². The Morgan fingerprint density at radius 2 is 1.75 bits per heavy atom. The van der Waals surface area contributed by atoms with Crippen molar-refractivity contribution in [3.63, 3.8) is 0 Å². The molecule has 6 heteroatoms. The topological polar surface area (TPSA) is 70.4 Å². The van der Waals surface area contributed by atoms with Crippen molar-refractivity contribution in [3.05, 3.63) is 28.3 Å². The van der Waals surface area contributed by atoms with Gasteiger partial charge in [0.25, 0.3) is 5.69 Å². The second-order valence-electron chi connectivity index (χ2n) is 9.84. The van der Waals surface area contributed by atoms with Crippen LogP contribution in [0.1, 0.15) is 45.4 Å². The first-order chi connectivity index (χ1) is 13.5. The largest absolute Gasteiger partial charge is 0.376 e. The molecule has 4 saturated carbocycles. The Morgan fingerprint density at radius 3 is 2.32 bits per heavy atom. The van der Waals surface area contributed by atoms with Gasteiger partial charge in [-0.2, -0.15) is 0 Å². The highest BCUT2D eigenvalue weighted by atomic mass is 16.6. The van der Waals surface area contributed by atoms with E-state index in [0.717, 1.165) is 49.6 Å². The Labute approximate surface area is 167 Å². The molecule has 1 aliphatic heterocycles. The molecule has 1 heterocycles. The van der Waals surface area contributed by atoms with Crippen LogP contribution in [0.25, 0.3) is 0 Å². The van der Waals surface area contributed by atoms with Crippen molar-refractivity contribution < 1.29 is 4.92 Å². The van der Waals surface area contributed by atoms with E-state index in [1.807, 2.05) is 12.1 Å². The number of anilines is 2. The number of nitrogens with one attached hydrogen (secondary N) is 2. The van der Waals surface area contributed by atoms with Crippen molar-refractivity contribution in [2.45, 2.75) is 51.5 Å². The fourth-order valence-electron chi connectivity index (χ4n) is 7.01. The van der Waals surface area contributed by atoms with Crippen LogP contribution in [0.5, 0.6) is 0 Å². The van der Waals surface area contributed by atoms with E-state index < -0.39 is 0 Å². The Kier molecular flexibility index (Phi) is 4.49. The minimum Gasteiger partial charge on any atom is -0.376 e. The van der Waals surface area contributed by atoms with Crippen LogP contribution in [0.3, 0.4) is 0 Å². The third kappa shape index (κ3) is 3.15. The number of piperazine rings is 1. The average Bonchev–Trinajstić information content (AvgIpc) is 2.67. The van der Waals surface area contributed by atoms with E-state index in [9.17, 15) is 10.1 Å². The third-order valence-electron chi connectivity index (χ3n) is 8.04. The van der Waals surface area contributed by atoms with Gasteiger partial charge in [0, 0.05) is 44.0 Å². The van der Waals surface area contributed by atoms with Crippen LogP contribution in [0.4, 0.5) is 17.1 Å². The zero-order valence-corrected chi connectivity index (χ0v) is 16.8. The molecule has 5 fully saturated rings. The van der Waals surface area contributed by atoms with E-state index in [1.54, 1.807) is 6.07 Å². The number of nitro benzene ring substituents is 1. The Bertz CT molecular complexity index is 724. The van der Waals surface area contributed by atoms with Crippen LogP contribution in [0, 0.1) is 33.3 Å². The molecule has 152 valence electrons. The maximum Gasteiger partial charge on any atom is 0.294 e. The molecule has 28 heavy (non-hydrogen) atoms. The number of nitrogens with zero attached hydrogens (tertiary/aromatic N) is 2. The van der Waals surface area contributed by atoms with Crippen molar-refractivity contribution in [2.24, 2.45) is 23.2 Å². The van der Waals surface area contributed by atoms with Crippen LogP contribution in [0.15, 0.2) is 18.2 Å². The van der Waals surface area contributed by atoms with Gasteiger partial charge in [0.05, 0.1) is 4.92 Å². The zero-order chi connectivity index (χ0) is 19.3. The third-order valence-corrected chi connectivity index (χ3v) is 8.04. The summed E-state index contributed by atoms with van der Waals surface area (Å²) in [6.07, 6.45) is 8.18. The lowest BCUT2D eigenvalue weighted by Crippen LogP contribution is -2.52. The number of rotatable bonds is 5. The molecule has 0 unspecified atom stereocenters. The second-order valence-corrected chi connectivity index (χ2v) is 9.84. The monoisotopic (exact) mass is 384 g/mol. The maximum atomic E-state index is 11.8. The smallest absolute Gasteiger partial charge is 0.294 e. The highest BCUT2D eigenvalue weighted by molar-refractivity contribution is 5.69. The normalized spacial score (nSPS) is 35.0. The first-order valence-corrected chi connectivity index (χ1v) is 11.0. The van der Waals surface area contributed by atoms with E-state index in [2.05, 4.69) is 22.5 Å². The summed E-state index contributed by atoms with van der Waals surface area (Å²) in [7, 11) is 0. The highest BCUT2D eigenvalue weighted by Crippen LogP contribution is 2.61. The highest BCUT2D eigenvalue weighted by Gasteiger charge is 2.53. The second kappa shape index (κ2) is 6.90. The van der Waals surface area contributed by atoms with Crippen LogP contribution < -0.4 is 15.5 Å². The Hall–Kier alpha value is -1.82. The lowest BCUT2D eigenvalue weighted by Gasteiger charge is -2.59. The van der Waals surface area contributed by atoms with Crippen molar-refractivity contribution >= 4 is 17.1 Å². The van der Waals surface area contributed by atoms with Crippen molar-refractivity contribution in [1.29, 1.82) is 0 Å². The molecule has 1 saturated heterocycles. The quantitative estimate of drug-likeness (QED) is 0.593. The molecule has 6 rings (SSSR count). The molecule has 0 amide bonds. The van der Waals surface area contributed by atoms with Crippen LogP contribution in [-0.4, -0.2) is 37.1 Å². The summed E-state index contributed by atoms with van der Waals surface area (Å²) in [5, 5.41) is 18.8. The van der Waals surface area contributed by atoms with Crippen LogP contribution in [0.2, 0.25) is 0 Å². The van der Waals surface area contributed by atoms with Crippen LogP contribution in [-0.2, 0) is 0 Å². The predicted molar refractivity (Wildman–Crippen MR) is 112 cm³/mol. The Morgan fingerprint density at radius 1 is 1.14 bits per heavy atom. The fourth-order valence-corrected chi connectivity index (χ4v) is 7.01. The lowest BCUT2D eigenvalue weighted by molar-refractivity contribution is -0.383. The molecule has 4 bridgehead atoms. The van der Waals surface area contributed by atoms with Gasteiger partial charge in [-0.05, 0) is 80.8 Å². The van der Waals surface area contributed by atoms with Gasteiger partial charge in [-0.15, -0.1) is 0 Å². The predicted octanol–water partition coefficient (Wildman–Crippen LogP) is 4.02. The van der Waals surface area contributed by atoms with E-state index >= 15 is 0 Å². The molecule has 6 nitrogen and oxygen atoms in total. The molecule has 1 aromatic carbocycles. The number of hydrogen-bond donors (Lipinski definition) is 2.